The first-order chi connectivity index (χ1) is 6.79. The highest BCUT2D eigenvalue weighted by Crippen LogP contribution is 2.05. The molecule has 0 aliphatic carbocycles. The lowest BCUT2D eigenvalue weighted by Gasteiger charge is -2.01. The fourth-order valence-electron chi connectivity index (χ4n) is 0.839. The Balaban J connectivity index is 0. The van der Waals surface area contributed by atoms with Gasteiger partial charge in [-0.2, -0.15) is 0 Å². The van der Waals surface area contributed by atoms with Crippen LogP contribution >= 0.6 is 0 Å². The quantitative estimate of drug-likeness (QED) is 0.384. The lowest BCUT2D eigenvalue weighted by molar-refractivity contribution is -0.104. The van der Waals surface area contributed by atoms with Crippen LogP contribution in [0.15, 0.2) is 36.0 Å². The van der Waals surface area contributed by atoms with Crippen LogP contribution in [0.5, 0.6) is 0 Å². The predicted octanol–water partition coefficient (Wildman–Crippen LogP) is 2.92. The molecule has 0 aromatic heterocycles. The summed E-state index contributed by atoms with van der Waals surface area (Å²) in [7, 11) is 1.59. The zero-order valence-electron chi connectivity index (χ0n) is 9.54. The Morgan fingerprint density at radius 3 is 2.29 bits per heavy atom. The maximum atomic E-state index is 10.5. The molecule has 0 spiro atoms. The van der Waals surface area contributed by atoms with E-state index in [0.717, 1.165) is 11.9 Å². The molecule has 0 aliphatic rings. The van der Waals surface area contributed by atoms with Gasteiger partial charge in [0.25, 0.3) is 0 Å². The van der Waals surface area contributed by atoms with Gasteiger partial charge in [-0.05, 0) is 12.5 Å². The summed E-state index contributed by atoms with van der Waals surface area (Å²) in [6, 6.07) is 0. The smallest absolute Gasteiger partial charge is 0.150 e. The van der Waals surface area contributed by atoms with Gasteiger partial charge in [-0.1, -0.05) is 38.7 Å². The monoisotopic (exact) mass is 196 g/mol. The van der Waals surface area contributed by atoms with E-state index in [1.165, 1.54) is 6.08 Å². The molecule has 0 aliphatic heterocycles. The number of hydrogen-bond donors (Lipinski definition) is 0. The fourth-order valence-corrected chi connectivity index (χ4v) is 0.839. The minimum Gasteiger partial charge on any atom is -0.380 e. The lowest BCUT2D eigenvalue weighted by Crippen LogP contribution is -1.96. The summed E-state index contributed by atoms with van der Waals surface area (Å²) >= 11 is 0. The van der Waals surface area contributed by atoms with Gasteiger partial charge >= 0.3 is 0 Å². The number of rotatable bonds is 5. The average Bonchev–Trinajstić information content (AvgIpc) is 2.23. The first-order valence-corrected chi connectivity index (χ1v) is 4.72. The predicted molar refractivity (Wildman–Crippen MR) is 61.3 cm³/mol. The molecule has 0 heterocycles. The highest BCUT2D eigenvalue weighted by atomic mass is 16.5. The van der Waals surface area contributed by atoms with Crippen LogP contribution in [0.3, 0.4) is 0 Å². The highest BCUT2D eigenvalue weighted by Gasteiger charge is 1.97. The maximum Gasteiger partial charge on any atom is 0.150 e. The van der Waals surface area contributed by atoms with Crippen LogP contribution in [0, 0.1) is 0 Å². The number of carbonyl (C=O) groups is 1. The molecule has 14 heavy (non-hydrogen) atoms. The summed E-state index contributed by atoms with van der Waals surface area (Å²) in [6.45, 7) is 9.86. The number of ether oxygens (including phenoxy) is 1. The van der Waals surface area contributed by atoms with E-state index < -0.39 is 0 Å². The van der Waals surface area contributed by atoms with E-state index in [0.29, 0.717) is 12.2 Å². The van der Waals surface area contributed by atoms with Gasteiger partial charge in [-0.3, -0.25) is 4.79 Å². The molecule has 2 nitrogen and oxygen atoms in total. The van der Waals surface area contributed by atoms with Crippen molar-refractivity contribution in [2.75, 3.05) is 13.7 Å². The van der Waals surface area contributed by atoms with E-state index in [1.54, 1.807) is 7.11 Å². The topological polar surface area (TPSA) is 26.3 Å². The molecule has 0 fully saturated rings. The van der Waals surface area contributed by atoms with Gasteiger partial charge in [-0.15, -0.1) is 0 Å². The summed E-state index contributed by atoms with van der Waals surface area (Å²) in [5.74, 6) is 0. The summed E-state index contributed by atoms with van der Waals surface area (Å²) in [6.07, 6.45) is 6.01. The third kappa shape index (κ3) is 6.38. The van der Waals surface area contributed by atoms with E-state index in [4.69, 9.17) is 4.74 Å². The van der Waals surface area contributed by atoms with Crippen LogP contribution in [0.2, 0.25) is 0 Å². The Labute approximate surface area is 87.0 Å². The minimum atomic E-state index is 0.435. The Kier molecular flexibility index (Phi) is 13.0. The molecule has 0 saturated carbocycles. The Morgan fingerprint density at radius 1 is 1.43 bits per heavy atom. The molecule has 2 heteroatoms. The van der Waals surface area contributed by atoms with Gasteiger partial charge in [0, 0.05) is 12.7 Å². The van der Waals surface area contributed by atoms with Crippen molar-refractivity contribution < 1.29 is 9.53 Å². The second-order valence-corrected chi connectivity index (χ2v) is 2.24. The molecule has 0 rings (SSSR count). The fraction of sp³-hybridized carbons (Fsp3) is 0.417. The molecular weight excluding hydrogens is 176 g/mol. The summed E-state index contributed by atoms with van der Waals surface area (Å²) < 4.78 is 4.93. The first-order valence-electron chi connectivity index (χ1n) is 4.72. The van der Waals surface area contributed by atoms with E-state index in [2.05, 4.69) is 6.58 Å². The molecule has 0 saturated heterocycles. The molecule has 0 N–H and O–H groups in total. The second-order valence-electron chi connectivity index (χ2n) is 2.24. The molecule has 0 atom stereocenters. The van der Waals surface area contributed by atoms with E-state index in [1.807, 2.05) is 32.9 Å². The maximum absolute atomic E-state index is 10.5. The number of allylic oxidation sites excluding steroid dienone is 3. The molecule has 0 aromatic carbocycles. The molecule has 0 aromatic rings. The Morgan fingerprint density at radius 2 is 2.00 bits per heavy atom. The van der Waals surface area contributed by atoms with Crippen molar-refractivity contribution in [2.24, 2.45) is 0 Å². The largest absolute Gasteiger partial charge is 0.380 e. The van der Waals surface area contributed by atoms with Crippen LogP contribution in [0.1, 0.15) is 20.8 Å². The lowest BCUT2D eigenvalue weighted by atomic mass is 10.1. The summed E-state index contributed by atoms with van der Waals surface area (Å²) in [5, 5.41) is 0. The van der Waals surface area contributed by atoms with Gasteiger partial charge in [0.05, 0.1) is 6.61 Å². The summed E-state index contributed by atoms with van der Waals surface area (Å²) in [4.78, 5) is 10.5. The van der Waals surface area contributed by atoms with Crippen molar-refractivity contribution in [3.63, 3.8) is 0 Å². The number of carbonyl (C=O) groups excluding carboxylic acids is 1. The normalized spacial score (nSPS) is 11.4. The van der Waals surface area contributed by atoms with Gasteiger partial charge in [0.1, 0.15) is 6.29 Å². The summed E-state index contributed by atoms with van der Waals surface area (Å²) in [5.41, 5.74) is 1.43. The van der Waals surface area contributed by atoms with Crippen molar-refractivity contribution in [3.05, 3.63) is 36.0 Å². The van der Waals surface area contributed by atoms with Gasteiger partial charge in [-0.25, -0.2) is 0 Å². The zero-order chi connectivity index (χ0) is 11.4. The third-order valence-electron chi connectivity index (χ3n) is 1.39. The SMILES string of the molecule is C=C/C(C=O)=C(\C=C/C)COC.CC. The van der Waals surface area contributed by atoms with Crippen molar-refractivity contribution in [2.45, 2.75) is 20.8 Å². The average molecular weight is 196 g/mol. The molecule has 0 radical (unpaired) electrons. The van der Waals surface area contributed by atoms with Gasteiger partial charge in [0.2, 0.25) is 0 Å². The van der Waals surface area contributed by atoms with Crippen molar-refractivity contribution in [3.8, 4) is 0 Å². The molecule has 80 valence electrons. The van der Waals surface area contributed by atoms with E-state index in [-0.39, 0.29) is 0 Å². The van der Waals surface area contributed by atoms with Crippen LogP contribution in [0.4, 0.5) is 0 Å². The number of hydrogen-bond acceptors (Lipinski definition) is 2. The molecular formula is C12H20O2. The van der Waals surface area contributed by atoms with Gasteiger partial charge < -0.3 is 4.74 Å². The highest BCUT2D eigenvalue weighted by molar-refractivity contribution is 5.79. The third-order valence-corrected chi connectivity index (χ3v) is 1.39. The van der Waals surface area contributed by atoms with Crippen LogP contribution in [0.25, 0.3) is 0 Å². The molecule has 0 bridgehead atoms. The Hall–Kier alpha value is -1.15. The first kappa shape index (κ1) is 15.3. The van der Waals surface area contributed by atoms with Crippen molar-refractivity contribution in [1.29, 1.82) is 0 Å². The van der Waals surface area contributed by atoms with Crippen molar-refractivity contribution in [1.82, 2.24) is 0 Å². The second kappa shape index (κ2) is 11.8. The zero-order valence-corrected chi connectivity index (χ0v) is 9.54. The van der Waals surface area contributed by atoms with Crippen LogP contribution in [-0.2, 0) is 9.53 Å². The van der Waals surface area contributed by atoms with E-state index >= 15 is 0 Å². The van der Waals surface area contributed by atoms with Gasteiger partial charge in [0.15, 0.2) is 0 Å². The van der Waals surface area contributed by atoms with Crippen LogP contribution < -0.4 is 0 Å². The molecule has 0 amide bonds. The van der Waals surface area contributed by atoms with E-state index in [9.17, 15) is 4.79 Å². The molecule has 0 unspecified atom stereocenters. The van der Waals surface area contributed by atoms with Crippen LogP contribution in [-0.4, -0.2) is 20.0 Å². The Bertz CT molecular complexity index is 202. The number of aldehydes is 1. The standard InChI is InChI=1S/C10H14O2.C2H6/c1-4-6-10(8-12-3)9(5-2)7-11;1-2/h4-7H,2,8H2,1,3H3;1-2H3/b6-4-,10-9-;. The number of methoxy groups -OCH3 is 1. The van der Waals surface area contributed by atoms with Crippen molar-refractivity contribution >= 4 is 6.29 Å². The minimum absolute atomic E-state index is 0.435.